The summed E-state index contributed by atoms with van der Waals surface area (Å²) in [5, 5.41) is 0. The molecule has 0 aliphatic carbocycles. The van der Waals surface area contributed by atoms with E-state index in [1.54, 1.807) is 18.5 Å². The topological polar surface area (TPSA) is 68.7 Å². The Morgan fingerprint density at radius 2 is 2.42 bits per heavy atom. The van der Waals surface area contributed by atoms with E-state index in [1.165, 1.54) is 12.0 Å². The quantitative estimate of drug-likeness (QED) is 0.720. The lowest BCUT2D eigenvalue weighted by Gasteiger charge is -2.33. The van der Waals surface area contributed by atoms with Crippen LogP contribution in [-0.2, 0) is 25.5 Å². The minimum Gasteiger partial charge on any atom is -0.467 e. The van der Waals surface area contributed by atoms with Gasteiger partial charge in [-0.1, -0.05) is 6.07 Å². The van der Waals surface area contributed by atoms with Crippen molar-refractivity contribution in [3.63, 3.8) is 0 Å². The van der Waals surface area contributed by atoms with Crippen molar-refractivity contribution in [1.29, 1.82) is 0 Å². The van der Waals surface area contributed by atoms with Gasteiger partial charge in [-0.15, -0.1) is 0 Å². The van der Waals surface area contributed by atoms with E-state index in [1.807, 2.05) is 6.07 Å². The first-order valence-corrected chi connectivity index (χ1v) is 6.06. The number of rotatable bonds is 3. The molecule has 6 heteroatoms. The zero-order chi connectivity index (χ0) is 13.7. The van der Waals surface area contributed by atoms with Crippen LogP contribution in [-0.4, -0.2) is 54.7 Å². The molecule has 1 unspecified atom stereocenters. The van der Waals surface area contributed by atoms with Crippen LogP contribution in [0.15, 0.2) is 24.5 Å². The molecule has 19 heavy (non-hydrogen) atoms. The molecule has 6 nitrogen and oxygen atoms in total. The molecule has 1 aliphatic rings. The Morgan fingerprint density at radius 3 is 3.11 bits per heavy atom. The maximum absolute atomic E-state index is 12.2. The lowest BCUT2D eigenvalue weighted by atomic mass is 10.1. The minimum atomic E-state index is -0.650. The molecular formula is C13H16N2O4. The zero-order valence-electron chi connectivity index (χ0n) is 10.7. The Morgan fingerprint density at radius 1 is 1.58 bits per heavy atom. The van der Waals surface area contributed by atoms with Crippen molar-refractivity contribution in [3.05, 3.63) is 30.1 Å². The SMILES string of the molecule is COC(=O)C1COCCN1C(=O)Cc1cccnc1. The monoisotopic (exact) mass is 264 g/mol. The first kappa shape index (κ1) is 13.5. The second-order valence-electron chi connectivity index (χ2n) is 4.24. The van der Waals surface area contributed by atoms with E-state index in [9.17, 15) is 9.59 Å². The van der Waals surface area contributed by atoms with Crippen LogP contribution in [0.3, 0.4) is 0 Å². The van der Waals surface area contributed by atoms with Crippen LogP contribution in [0, 0.1) is 0 Å². The largest absolute Gasteiger partial charge is 0.467 e. The molecule has 1 amide bonds. The number of hydrogen-bond donors (Lipinski definition) is 0. The predicted molar refractivity (Wildman–Crippen MR) is 66.3 cm³/mol. The summed E-state index contributed by atoms with van der Waals surface area (Å²) in [5.74, 6) is -0.564. The highest BCUT2D eigenvalue weighted by molar-refractivity contribution is 5.86. The Labute approximate surface area is 111 Å². The number of carbonyl (C=O) groups is 2. The predicted octanol–water partition coefficient (Wildman–Crippen LogP) is 0.0245. The van der Waals surface area contributed by atoms with Crippen LogP contribution in [0.2, 0.25) is 0 Å². The average molecular weight is 264 g/mol. The summed E-state index contributed by atoms with van der Waals surface area (Å²) in [7, 11) is 1.31. The van der Waals surface area contributed by atoms with Gasteiger partial charge in [-0.25, -0.2) is 4.79 Å². The Hall–Kier alpha value is -1.95. The van der Waals surface area contributed by atoms with Crippen LogP contribution < -0.4 is 0 Å². The van der Waals surface area contributed by atoms with E-state index in [4.69, 9.17) is 9.47 Å². The molecule has 0 saturated carbocycles. The van der Waals surface area contributed by atoms with Gasteiger partial charge in [0.1, 0.15) is 0 Å². The molecule has 2 heterocycles. The van der Waals surface area contributed by atoms with Crippen molar-refractivity contribution < 1.29 is 19.1 Å². The molecule has 0 radical (unpaired) electrons. The zero-order valence-corrected chi connectivity index (χ0v) is 10.7. The average Bonchev–Trinajstić information content (AvgIpc) is 2.47. The number of pyridine rings is 1. The molecule has 1 atom stereocenters. The van der Waals surface area contributed by atoms with Crippen LogP contribution >= 0.6 is 0 Å². The number of methoxy groups -OCH3 is 1. The van der Waals surface area contributed by atoms with Gasteiger partial charge in [0.15, 0.2) is 6.04 Å². The maximum atomic E-state index is 12.2. The number of ether oxygens (including phenoxy) is 2. The molecule has 2 rings (SSSR count). The summed E-state index contributed by atoms with van der Waals surface area (Å²) in [6.07, 6.45) is 3.52. The van der Waals surface area contributed by atoms with Crippen molar-refractivity contribution in [3.8, 4) is 0 Å². The molecule has 0 bridgehead atoms. The van der Waals surface area contributed by atoms with E-state index in [0.29, 0.717) is 13.2 Å². The van der Waals surface area contributed by atoms with Gasteiger partial charge >= 0.3 is 5.97 Å². The van der Waals surface area contributed by atoms with E-state index >= 15 is 0 Å². The number of nitrogens with zero attached hydrogens (tertiary/aromatic N) is 2. The van der Waals surface area contributed by atoms with E-state index in [2.05, 4.69) is 4.98 Å². The van der Waals surface area contributed by atoms with Gasteiger partial charge in [-0.05, 0) is 11.6 Å². The highest BCUT2D eigenvalue weighted by Gasteiger charge is 2.33. The second-order valence-corrected chi connectivity index (χ2v) is 4.24. The molecule has 0 spiro atoms. The number of hydrogen-bond acceptors (Lipinski definition) is 5. The third-order valence-electron chi connectivity index (χ3n) is 3.00. The molecule has 1 aromatic heterocycles. The highest BCUT2D eigenvalue weighted by atomic mass is 16.5. The molecule has 0 N–H and O–H groups in total. The number of carbonyl (C=O) groups excluding carboxylic acids is 2. The van der Waals surface area contributed by atoms with Crippen molar-refractivity contribution in [2.24, 2.45) is 0 Å². The molecule has 1 fully saturated rings. The third-order valence-corrected chi connectivity index (χ3v) is 3.00. The Balaban J connectivity index is 2.05. The van der Waals surface area contributed by atoms with Crippen LogP contribution in [0.5, 0.6) is 0 Å². The fourth-order valence-electron chi connectivity index (χ4n) is 2.01. The fourth-order valence-corrected chi connectivity index (χ4v) is 2.01. The second kappa shape index (κ2) is 6.29. The van der Waals surface area contributed by atoms with E-state index < -0.39 is 12.0 Å². The van der Waals surface area contributed by atoms with Crippen molar-refractivity contribution >= 4 is 11.9 Å². The number of aromatic nitrogens is 1. The molecule has 0 aromatic carbocycles. The van der Waals surface area contributed by atoms with E-state index in [0.717, 1.165) is 5.56 Å². The van der Waals surface area contributed by atoms with Crippen LogP contribution in [0.1, 0.15) is 5.56 Å². The van der Waals surface area contributed by atoms with E-state index in [-0.39, 0.29) is 18.9 Å². The van der Waals surface area contributed by atoms with Gasteiger partial charge < -0.3 is 14.4 Å². The normalized spacial score (nSPS) is 19.0. The summed E-state index contributed by atoms with van der Waals surface area (Å²) in [4.78, 5) is 29.3. The Kier molecular flexibility index (Phi) is 4.46. The summed E-state index contributed by atoms with van der Waals surface area (Å²) in [6, 6.07) is 2.96. The molecule has 102 valence electrons. The molecule has 1 aromatic rings. The summed E-state index contributed by atoms with van der Waals surface area (Å²) < 4.78 is 9.92. The highest BCUT2D eigenvalue weighted by Crippen LogP contribution is 2.11. The number of amides is 1. The summed E-state index contributed by atoms with van der Waals surface area (Å²) in [6.45, 7) is 1.02. The summed E-state index contributed by atoms with van der Waals surface area (Å²) >= 11 is 0. The first-order valence-electron chi connectivity index (χ1n) is 6.06. The van der Waals surface area contributed by atoms with Gasteiger partial charge in [-0.3, -0.25) is 9.78 Å². The van der Waals surface area contributed by atoms with Crippen LogP contribution in [0.25, 0.3) is 0 Å². The van der Waals surface area contributed by atoms with Gasteiger partial charge in [0, 0.05) is 18.9 Å². The molecular weight excluding hydrogens is 248 g/mol. The first-order chi connectivity index (χ1) is 9.22. The number of esters is 1. The number of morpholine rings is 1. The van der Waals surface area contributed by atoms with Crippen molar-refractivity contribution in [2.75, 3.05) is 26.9 Å². The van der Waals surface area contributed by atoms with Crippen molar-refractivity contribution in [2.45, 2.75) is 12.5 Å². The smallest absolute Gasteiger partial charge is 0.331 e. The molecule has 1 saturated heterocycles. The molecule has 1 aliphatic heterocycles. The van der Waals surface area contributed by atoms with Crippen molar-refractivity contribution in [1.82, 2.24) is 9.88 Å². The minimum absolute atomic E-state index is 0.119. The fraction of sp³-hybridized carbons (Fsp3) is 0.462. The van der Waals surface area contributed by atoms with Gasteiger partial charge in [0.05, 0.1) is 26.7 Å². The maximum Gasteiger partial charge on any atom is 0.331 e. The lowest BCUT2D eigenvalue weighted by molar-refractivity contribution is -0.160. The van der Waals surface area contributed by atoms with Gasteiger partial charge in [0.2, 0.25) is 5.91 Å². The van der Waals surface area contributed by atoms with Gasteiger partial charge in [-0.2, -0.15) is 0 Å². The van der Waals surface area contributed by atoms with Gasteiger partial charge in [0.25, 0.3) is 0 Å². The van der Waals surface area contributed by atoms with Crippen LogP contribution in [0.4, 0.5) is 0 Å². The lowest BCUT2D eigenvalue weighted by Crippen LogP contribution is -2.53. The summed E-state index contributed by atoms with van der Waals surface area (Å²) in [5.41, 5.74) is 0.822. The standard InChI is InChI=1S/C13H16N2O4/c1-18-13(17)11-9-19-6-5-15(11)12(16)7-10-3-2-4-14-8-10/h2-4,8,11H,5-7,9H2,1H3. The third kappa shape index (κ3) is 3.29. The Bertz CT molecular complexity index is 449.